The van der Waals surface area contributed by atoms with Gasteiger partial charge in [-0.1, -0.05) is 6.07 Å². The number of nitrogens with zero attached hydrogens (tertiary/aromatic N) is 2. The number of nitrogens with one attached hydrogen (secondary N) is 1. The van der Waals surface area contributed by atoms with Gasteiger partial charge in [0.2, 0.25) is 15.9 Å². The van der Waals surface area contributed by atoms with Crippen molar-refractivity contribution in [1.82, 2.24) is 9.21 Å². The monoisotopic (exact) mass is 409 g/mol. The fraction of sp³-hybridized carbons (Fsp3) is 0.389. The van der Waals surface area contributed by atoms with Gasteiger partial charge >= 0.3 is 0 Å². The maximum Gasteiger partial charge on any atom is 0.243 e. The van der Waals surface area contributed by atoms with Crippen LogP contribution in [0.25, 0.3) is 0 Å². The van der Waals surface area contributed by atoms with Crippen LogP contribution in [0.1, 0.15) is 4.88 Å². The van der Waals surface area contributed by atoms with E-state index in [-0.39, 0.29) is 17.2 Å². The number of carbonyl (C=O) groups excluding carboxylic acids is 1. The van der Waals surface area contributed by atoms with Gasteiger partial charge in [0.1, 0.15) is 5.75 Å². The van der Waals surface area contributed by atoms with E-state index in [1.807, 2.05) is 24.6 Å². The molecule has 9 heteroatoms. The molecule has 27 heavy (non-hydrogen) atoms. The zero-order valence-electron chi connectivity index (χ0n) is 15.3. The van der Waals surface area contributed by atoms with Crippen molar-refractivity contribution >= 4 is 33.0 Å². The predicted molar refractivity (Wildman–Crippen MR) is 106 cm³/mol. The molecule has 1 fully saturated rings. The Kier molecular flexibility index (Phi) is 6.15. The number of hydrogen-bond acceptors (Lipinski definition) is 6. The topological polar surface area (TPSA) is 79.0 Å². The summed E-state index contributed by atoms with van der Waals surface area (Å²) in [4.78, 5) is 15.5. The number of methoxy groups -OCH3 is 1. The highest BCUT2D eigenvalue weighted by atomic mass is 32.2. The second-order valence-corrected chi connectivity index (χ2v) is 9.34. The quantitative estimate of drug-likeness (QED) is 0.788. The molecule has 2 heterocycles. The Labute approximate surface area is 163 Å². The lowest BCUT2D eigenvalue weighted by Gasteiger charge is -2.31. The zero-order chi connectivity index (χ0) is 19.4. The SMILES string of the molecule is COc1ccc(S(=O)(=O)N2CCN(C)CC2)cc1NC(=O)Cc1cccs1. The van der Waals surface area contributed by atoms with Crippen LogP contribution in [0.5, 0.6) is 5.75 Å². The van der Waals surface area contributed by atoms with E-state index in [2.05, 4.69) is 10.2 Å². The number of benzene rings is 1. The van der Waals surface area contributed by atoms with Crippen LogP contribution >= 0.6 is 11.3 Å². The van der Waals surface area contributed by atoms with E-state index in [1.54, 1.807) is 6.07 Å². The number of anilines is 1. The van der Waals surface area contributed by atoms with Crippen LogP contribution in [-0.4, -0.2) is 63.9 Å². The first-order valence-corrected chi connectivity index (χ1v) is 10.9. The summed E-state index contributed by atoms with van der Waals surface area (Å²) in [6, 6.07) is 8.33. The average molecular weight is 410 g/mol. The summed E-state index contributed by atoms with van der Waals surface area (Å²) in [7, 11) is -0.161. The van der Waals surface area contributed by atoms with E-state index < -0.39 is 10.0 Å². The Balaban J connectivity index is 1.81. The van der Waals surface area contributed by atoms with Gasteiger partial charge in [0, 0.05) is 31.1 Å². The van der Waals surface area contributed by atoms with Crippen molar-refractivity contribution in [2.75, 3.05) is 45.7 Å². The molecule has 0 spiro atoms. The highest BCUT2D eigenvalue weighted by Crippen LogP contribution is 2.29. The van der Waals surface area contributed by atoms with Gasteiger partial charge in [0.25, 0.3) is 0 Å². The molecule has 0 saturated carbocycles. The molecule has 1 N–H and O–H groups in total. The fourth-order valence-electron chi connectivity index (χ4n) is 2.89. The third-order valence-corrected chi connectivity index (χ3v) is 7.23. The third-order valence-electron chi connectivity index (χ3n) is 4.46. The molecule has 0 atom stereocenters. The van der Waals surface area contributed by atoms with Crippen LogP contribution in [0.3, 0.4) is 0 Å². The standard InChI is InChI=1S/C18H23N3O4S2/c1-20-7-9-21(10-8-20)27(23,24)15-5-6-17(25-2)16(13-15)19-18(22)12-14-4-3-11-26-14/h3-6,11,13H,7-10,12H2,1-2H3,(H,19,22). The van der Waals surface area contributed by atoms with Crippen LogP contribution in [0.4, 0.5) is 5.69 Å². The number of ether oxygens (including phenoxy) is 1. The minimum Gasteiger partial charge on any atom is -0.495 e. The van der Waals surface area contributed by atoms with Gasteiger partial charge in [0.05, 0.1) is 24.1 Å². The van der Waals surface area contributed by atoms with Gasteiger partial charge in [-0.3, -0.25) is 4.79 Å². The largest absolute Gasteiger partial charge is 0.495 e. The number of carbonyl (C=O) groups is 1. The molecule has 0 aliphatic carbocycles. The fourth-order valence-corrected chi connectivity index (χ4v) is 5.04. The first kappa shape index (κ1) is 19.8. The van der Waals surface area contributed by atoms with Crippen LogP contribution in [0.2, 0.25) is 0 Å². The number of amides is 1. The molecule has 0 radical (unpaired) electrons. The van der Waals surface area contributed by atoms with Crippen molar-refractivity contribution in [3.05, 3.63) is 40.6 Å². The lowest BCUT2D eigenvalue weighted by Crippen LogP contribution is -2.47. The lowest BCUT2D eigenvalue weighted by molar-refractivity contribution is -0.115. The predicted octanol–water partition coefficient (Wildman–Crippen LogP) is 1.87. The second-order valence-electron chi connectivity index (χ2n) is 6.37. The molecule has 1 aliphatic rings. The van der Waals surface area contributed by atoms with E-state index in [1.165, 1.54) is 34.9 Å². The second kappa shape index (κ2) is 8.39. The van der Waals surface area contributed by atoms with Gasteiger partial charge in [-0.25, -0.2) is 8.42 Å². The van der Waals surface area contributed by atoms with Gasteiger partial charge < -0.3 is 15.0 Å². The summed E-state index contributed by atoms with van der Waals surface area (Å²) in [6.45, 7) is 2.29. The molecular formula is C18H23N3O4S2. The van der Waals surface area contributed by atoms with Gasteiger partial charge in [-0.15, -0.1) is 11.3 Å². The summed E-state index contributed by atoms with van der Waals surface area (Å²) in [5.41, 5.74) is 0.356. The Bertz CT molecular complexity index is 889. The maximum atomic E-state index is 12.9. The molecule has 3 rings (SSSR count). The van der Waals surface area contributed by atoms with Crippen molar-refractivity contribution in [1.29, 1.82) is 0 Å². The molecule has 1 saturated heterocycles. The van der Waals surface area contributed by atoms with E-state index in [9.17, 15) is 13.2 Å². The maximum absolute atomic E-state index is 12.9. The highest BCUT2D eigenvalue weighted by molar-refractivity contribution is 7.89. The summed E-state index contributed by atoms with van der Waals surface area (Å²) in [6.07, 6.45) is 0.232. The van der Waals surface area contributed by atoms with Gasteiger partial charge in [-0.05, 0) is 36.7 Å². The van der Waals surface area contributed by atoms with Crippen molar-refractivity contribution in [2.45, 2.75) is 11.3 Å². The first-order valence-electron chi connectivity index (χ1n) is 8.59. The molecule has 2 aromatic rings. The number of thiophene rings is 1. The normalized spacial score (nSPS) is 16.2. The molecule has 1 aliphatic heterocycles. The molecule has 0 bridgehead atoms. The van der Waals surface area contributed by atoms with Crippen LogP contribution < -0.4 is 10.1 Å². The van der Waals surface area contributed by atoms with E-state index in [0.29, 0.717) is 37.6 Å². The minimum atomic E-state index is -3.62. The summed E-state index contributed by atoms with van der Waals surface area (Å²) in [5, 5.41) is 4.68. The third kappa shape index (κ3) is 4.67. The Hall–Kier alpha value is -1.94. The Morgan fingerprint density at radius 1 is 1.22 bits per heavy atom. The number of piperazine rings is 1. The molecule has 1 aromatic carbocycles. The van der Waals surface area contributed by atoms with Gasteiger partial charge in [-0.2, -0.15) is 4.31 Å². The zero-order valence-corrected chi connectivity index (χ0v) is 17.0. The molecule has 1 amide bonds. The van der Waals surface area contributed by atoms with Gasteiger partial charge in [0.15, 0.2) is 0 Å². The number of rotatable bonds is 6. The van der Waals surface area contributed by atoms with Crippen molar-refractivity contribution in [3.8, 4) is 5.75 Å². The number of likely N-dealkylation sites (N-methyl/N-ethyl adjacent to an activating group) is 1. The van der Waals surface area contributed by atoms with Crippen molar-refractivity contribution in [3.63, 3.8) is 0 Å². The minimum absolute atomic E-state index is 0.152. The highest BCUT2D eigenvalue weighted by Gasteiger charge is 2.28. The summed E-state index contributed by atoms with van der Waals surface area (Å²) in [5.74, 6) is 0.205. The molecule has 0 unspecified atom stereocenters. The smallest absolute Gasteiger partial charge is 0.243 e. The van der Waals surface area contributed by atoms with E-state index in [4.69, 9.17) is 4.74 Å². The lowest BCUT2D eigenvalue weighted by atomic mass is 10.2. The van der Waals surface area contributed by atoms with Crippen molar-refractivity contribution < 1.29 is 17.9 Å². The molecule has 146 valence electrons. The van der Waals surface area contributed by atoms with Crippen LogP contribution in [0, 0.1) is 0 Å². The Morgan fingerprint density at radius 2 is 1.96 bits per heavy atom. The first-order chi connectivity index (χ1) is 12.9. The van der Waals surface area contributed by atoms with Crippen LogP contribution in [0.15, 0.2) is 40.6 Å². The average Bonchev–Trinajstić information content (AvgIpc) is 3.14. The summed E-state index contributed by atoms with van der Waals surface area (Å²) >= 11 is 1.50. The van der Waals surface area contributed by atoms with E-state index >= 15 is 0 Å². The Morgan fingerprint density at radius 3 is 2.59 bits per heavy atom. The van der Waals surface area contributed by atoms with Crippen LogP contribution in [-0.2, 0) is 21.2 Å². The molecule has 7 nitrogen and oxygen atoms in total. The molecular weight excluding hydrogens is 386 g/mol. The number of sulfonamides is 1. The van der Waals surface area contributed by atoms with Crippen molar-refractivity contribution in [2.24, 2.45) is 0 Å². The van der Waals surface area contributed by atoms with E-state index in [0.717, 1.165) is 4.88 Å². The number of hydrogen-bond donors (Lipinski definition) is 1. The molecule has 1 aromatic heterocycles. The summed E-state index contributed by atoms with van der Waals surface area (Å²) < 4.78 is 32.6.